The Hall–Kier alpha value is -0.520. The fourth-order valence-corrected chi connectivity index (χ4v) is 2.43. The molecule has 0 unspecified atom stereocenters. The van der Waals surface area contributed by atoms with Crippen LogP contribution in [0.4, 0.5) is 0 Å². The van der Waals surface area contributed by atoms with E-state index in [0.29, 0.717) is 6.54 Å². The Balaban J connectivity index is 2.73. The topological polar surface area (TPSA) is 64.1 Å². The zero-order valence-corrected chi connectivity index (χ0v) is 9.47. The highest BCUT2D eigenvalue weighted by Gasteiger charge is 2.11. The maximum absolute atomic E-state index is 8.68. The van der Waals surface area contributed by atoms with Crippen molar-refractivity contribution in [3.05, 3.63) is 11.3 Å². The van der Waals surface area contributed by atoms with E-state index in [1.165, 1.54) is 0 Å². The average molecular weight is 215 g/mol. The SMILES string of the molecule is Cc1nn(C)c(SCCCO)c1CN. The second-order valence-corrected chi connectivity index (χ2v) is 4.21. The highest BCUT2D eigenvalue weighted by Crippen LogP contribution is 2.24. The van der Waals surface area contributed by atoms with Crippen molar-refractivity contribution in [1.82, 2.24) is 9.78 Å². The van der Waals surface area contributed by atoms with Crippen LogP contribution in [0.3, 0.4) is 0 Å². The minimum Gasteiger partial charge on any atom is -0.396 e. The van der Waals surface area contributed by atoms with Gasteiger partial charge in [0.25, 0.3) is 0 Å². The molecular weight excluding hydrogens is 198 g/mol. The number of aromatic nitrogens is 2. The molecule has 3 N–H and O–H groups in total. The van der Waals surface area contributed by atoms with Crippen molar-refractivity contribution in [1.29, 1.82) is 0 Å². The van der Waals surface area contributed by atoms with E-state index in [-0.39, 0.29) is 6.61 Å². The molecule has 0 aromatic carbocycles. The predicted octanol–water partition coefficient (Wildman–Crippen LogP) is 0.662. The lowest BCUT2D eigenvalue weighted by atomic mass is 10.3. The molecule has 0 amide bonds. The molecule has 0 radical (unpaired) electrons. The predicted molar refractivity (Wildman–Crippen MR) is 58.3 cm³/mol. The van der Waals surface area contributed by atoms with Gasteiger partial charge in [-0.05, 0) is 13.3 Å². The first-order valence-corrected chi connectivity index (χ1v) is 5.65. The summed E-state index contributed by atoms with van der Waals surface area (Å²) < 4.78 is 1.86. The van der Waals surface area contributed by atoms with Gasteiger partial charge in [0.05, 0.1) is 10.7 Å². The van der Waals surface area contributed by atoms with Crippen LogP contribution in [0, 0.1) is 6.92 Å². The normalized spacial score (nSPS) is 10.9. The summed E-state index contributed by atoms with van der Waals surface area (Å²) in [6.45, 7) is 2.74. The first-order chi connectivity index (χ1) is 6.70. The third-order valence-electron chi connectivity index (χ3n) is 2.03. The molecule has 1 aromatic heterocycles. The number of nitrogens with zero attached hydrogens (tertiary/aromatic N) is 2. The van der Waals surface area contributed by atoms with Gasteiger partial charge in [-0.3, -0.25) is 4.68 Å². The van der Waals surface area contributed by atoms with Gasteiger partial charge in [0.2, 0.25) is 0 Å². The highest BCUT2D eigenvalue weighted by atomic mass is 32.2. The van der Waals surface area contributed by atoms with Crippen LogP contribution < -0.4 is 5.73 Å². The Kier molecular flexibility index (Phi) is 4.44. The number of aliphatic hydroxyl groups is 1. The summed E-state index contributed by atoms with van der Waals surface area (Å²) in [5.41, 5.74) is 7.78. The van der Waals surface area contributed by atoms with E-state index >= 15 is 0 Å². The molecular formula is C9H17N3OS. The molecule has 0 saturated carbocycles. The molecule has 0 bridgehead atoms. The standard InChI is InChI=1S/C9H17N3OS/c1-7-8(6-10)9(12(2)11-7)14-5-3-4-13/h13H,3-6,10H2,1-2H3. The molecule has 0 fully saturated rings. The molecule has 0 aliphatic heterocycles. The van der Waals surface area contributed by atoms with Crippen LogP contribution in [0.2, 0.25) is 0 Å². The number of rotatable bonds is 5. The van der Waals surface area contributed by atoms with Crippen molar-refractivity contribution in [3.63, 3.8) is 0 Å². The molecule has 1 aromatic rings. The summed E-state index contributed by atoms with van der Waals surface area (Å²) in [6, 6.07) is 0. The number of hydrogen-bond donors (Lipinski definition) is 2. The molecule has 80 valence electrons. The highest BCUT2D eigenvalue weighted by molar-refractivity contribution is 7.99. The van der Waals surface area contributed by atoms with Gasteiger partial charge in [-0.15, -0.1) is 11.8 Å². The van der Waals surface area contributed by atoms with Crippen molar-refractivity contribution in [2.24, 2.45) is 12.8 Å². The number of aliphatic hydroxyl groups excluding tert-OH is 1. The third kappa shape index (κ3) is 2.50. The van der Waals surface area contributed by atoms with Crippen LogP contribution in [0.1, 0.15) is 17.7 Å². The van der Waals surface area contributed by atoms with Crippen LogP contribution in [0.25, 0.3) is 0 Å². The van der Waals surface area contributed by atoms with Gasteiger partial charge in [-0.1, -0.05) is 0 Å². The maximum Gasteiger partial charge on any atom is 0.0984 e. The zero-order chi connectivity index (χ0) is 10.6. The van der Waals surface area contributed by atoms with Gasteiger partial charge < -0.3 is 10.8 Å². The van der Waals surface area contributed by atoms with E-state index in [1.54, 1.807) is 11.8 Å². The first kappa shape index (κ1) is 11.6. The molecule has 0 aliphatic carbocycles. The molecule has 0 aliphatic rings. The fourth-order valence-electron chi connectivity index (χ4n) is 1.33. The van der Waals surface area contributed by atoms with Crippen LogP contribution in [0.5, 0.6) is 0 Å². The van der Waals surface area contributed by atoms with E-state index in [9.17, 15) is 0 Å². The van der Waals surface area contributed by atoms with Crippen LogP contribution in [0.15, 0.2) is 5.03 Å². The van der Waals surface area contributed by atoms with Gasteiger partial charge in [-0.25, -0.2) is 0 Å². The quantitative estimate of drug-likeness (QED) is 0.559. The largest absolute Gasteiger partial charge is 0.396 e. The summed E-state index contributed by atoms with van der Waals surface area (Å²) in [6.07, 6.45) is 0.804. The lowest BCUT2D eigenvalue weighted by molar-refractivity contribution is 0.296. The molecule has 1 heterocycles. The van der Waals surface area contributed by atoms with E-state index in [0.717, 1.165) is 28.5 Å². The number of thioether (sulfide) groups is 1. The number of nitrogens with two attached hydrogens (primary N) is 1. The van der Waals surface area contributed by atoms with Gasteiger partial charge in [-0.2, -0.15) is 5.10 Å². The number of aryl methyl sites for hydroxylation is 2. The molecule has 0 spiro atoms. The summed E-state index contributed by atoms with van der Waals surface area (Å²) >= 11 is 1.70. The Morgan fingerprint density at radius 1 is 1.57 bits per heavy atom. The summed E-state index contributed by atoms with van der Waals surface area (Å²) in [5, 5.41) is 14.1. The lowest BCUT2D eigenvalue weighted by Gasteiger charge is -2.03. The van der Waals surface area contributed by atoms with Crippen molar-refractivity contribution >= 4 is 11.8 Å². The van der Waals surface area contributed by atoms with Crippen LogP contribution in [-0.4, -0.2) is 27.2 Å². The first-order valence-electron chi connectivity index (χ1n) is 4.67. The number of hydrogen-bond acceptors (Lipinski definition) is 4. The second-order valence-electron chi connectivity index (χ2n) is 3.12. The zero-order valence-electron chi connectivity index (χ0n) is 8.66. The average Bonchev–Trinajstić information content (AvgIpc) is 2.42. The third-order valence-corrected chi connectivity index (χ3v) is 3.31. The molecule has 14 heavy (non-hydrogen) atoms. The molecule has 0 saturated heterocycles. The molecule has 5 heteroatoms. The van der Waals surface area contributed by atoms with Crippen molar-refractivity contribution in [3.8, 4) is 0 Å². The van der Waals surface area contributed by atoms with E-state index in [2.05, 4.69) is 5.10 Å². The van der Waals surface area contributed by atoms with Gasteiger partial charge in [0.1, 0.15) is 0 Å². The summed E-state index contributed by atoms with van der Waals surface area (Å²) in [7, 11) is 1.92. The second kappa shape index (κ2) is 5.38. The Labute approximate surface area is 88.5 Å². The molecule has 4 nitrogen and oxygen atoms in total. The Bertz CT molecular complexity index is 298. The summed E-state index contributed by atoms with van der Waals surface area (Å²) in [4.78, 5) is 0. The van der Waals surface area contributed by atoms with Crippen molar-refractivity contribution < 1.29 is 5.11 Å². The lowest BCUT2D eigenvalue weighted by Crippen LogP contribution is -2.00. The summed E-state index contributed by atoms with van der Waals surface area (Å²) in [5.74, 6) is 0.905. The monoisotopic (exact) mass is 215 g/mol. The van der Waals surface area contributed by atoms with E-state index in [1.807, 2.05) is 18.7 Å². The van der Waals surface area contributed by atoms with Crippen LogP contribution in [-0.2, 0) is 13.6 Å². The van der Waals surface area contributed by atoms with Crippen molar-refractivity contribution in [2.45, 2.75) is 24.9 Å². The Morgan fingerprint density at radius 2 is 2.29 bits per heavy atom. The fraction of sp³-hybridized carbons (Fsp3) is 0.667. The van der Waals surface area contributed by atoms with E-state index in [4.69, 9.17) is 10.8 Å². The molecule has 1 rings (SSSR count). The van der Waals surface area contributed by atoms with E-state index < -0.39 is 0 Å². The Morgan fingerprint density at radius 3 is 2.86 bits per heavy atom. The maximum atomic E-state index is 8.68. The van der Waals surface area contributed by atoms with Gasteiger partial charge in [0, 0.05) is 31.5 Å². The minimum absolute atomic E-state index is 0.238. The van der Waals surface area contributed by atoms with Gasteiger partial charge >= 0.3 is 0 Å². The smallest absolute Gasteiger partial charge is 0.0984 e. The van der Waals surface area contributed by atoms with Gasteiger partial charge in [0.15, 0.2) is 0 Å². The van der Waals surface area contributed by atoms with Crippen LogP contribution >= 0.6 is 11.8 Å². The molecule has 0 atom stereocenters. The van der Waals surface area contributed by atoms with Crippen molar-refractivity contribution in [2.75, 3.05) is 12.4 Å². The minimum atomic E-state index is 0.238.